The lowest BCUT2D eigenvalue weighted by atomic mass is 10.0. The van der Waals surface area contributed by atoms with Crippen LogP contribution in [0.4, 0.5) is 0 Å². The van der Waals surface area contributed by atoms with Crippen molar-refractivity contribution < 1.29 is 28.6 Å². The minimum absolute atomic E-state index is 0.102. The molecule has 0 aliphatic rings. The molecule has 0 aromatic carbocycles. The largest absolute Gasteiger partial charge is 0.462 e. The Morgan fingerprint density at radius 2 is 0.574 bits per heavy atom. The molecule has 1 atom stereocenters. The molecular weight excluding hydrogens is 841 g/mol. The predicted octanol–water partition coefficient (Wildman–Crippen LogP) is 18.7. The summed E-state index contributed by atoms with van der Waals surface area (Å²) in [5.41, 5.74) is 0. The lowest BCUT2D eigenvalue weighted by Crippen LogP contribution is -2.30. The number of rotatable bonds is 49. The fraction of sp³-hybridized carbons (Fsp3) is 0.661. The van der Waals surface area contributed by atoms with Crippen LogP contribution < -0.4 is 0 Å². The van der Waals surface area contributed by atoms with Crippen LogP contribution in [0.2, 0.25) is 0 Å². The van der Waals surface area contributed by atoms with E-state index in [1.165, 1.54) is 77.0 Å². The van der Waals surface area contributed by atoms with Gasteiger partial charge in [0.1, 0.15) is 13.2 Å². The van der Waals surface area contributed by atoms with E-state index in [-0.39, 0.29) is 37.5 Å². The van der Waals surface area contributed by atoms with E-state index in [4.69, 9.17) is 14.2 Å². The summed E-state index contributed by atoms with van der Waals surface area (Å²) in [7, 11) is 0. The molecular formula is C62H102O6. The summed E-state index contributed by atoms with van der Waals surface area (Å²) in [6, 6.07) is 0. The van der Waals surface area contributed by atoms with Gasteiger partial charge >= 0.3 is 17.9 Å². The lowest BCUT2D eigenvalue weighted by molar-refractivity contribution is -0.167. The monoisotopic (exact) mass is 943 g/mol. The highest BCUT2D eigenvalue weighted by molar-refractivity contribution is 5.71. The van der Waals surface area contributed by atoms with Gasteiger partial charge in [-0.15, -0.1) is 0 Å². The molecule has 0 amide bonds. The highest BCUT2D eigenvalue weighted by atomic mass is 16.6. The zero-order valence-corrected chi connectivity index (χ0v) is 44.1. The van der Waals surface area contributed by atoms with Gasteiger partial charge in [0.05, 0.1) is 0 Å². The van der Waals surface area contributed by atoms with Gasteiger partial charge in [0.25, 0.3) is 0 Å². The van der Waals surface area contributed by atoms with Crippen molar-refractivity contribution in [2.75, 3.05) is 13.2 Å². The number of carbonyl (C=O) groups excluding carboxylic acids is 3. The van der Waals surface area contributed by atoms with Crippen molar-refractivity contribution in [1.29, 1.82) is 0 Å². The summed E-state index contributed by atoms with van der Waals surface area (Å²) in [6.45, 7) is 6.36. The Morgan fingerprint density at radius 3 is 0.897 bits per heavy atom. The minimum Gasteiger partial charge on any atom is -0.462 e. The molecule has 0 saturated carbocycles. The van der Waals surface area contributed by atoms with Gasteiger partial charge in [0.2, 0.25) is 0 Å². The molecule has 0 aromatic rings. The molecule has 0 aromatic heterocycles. The quantitative estimate of drug-likeness (QED) is 0.0262. The Balaban J connectivity index is 4.50. The smallest absolute Gasteiger partial charge is 0.306 e. The van der Waals surface area contributed by atoms with Crippen LogP contribution >= 0.6 is 0 Å². The lowest BCUT2D eigenvalue weighted by Gasteiger charge is -2.18. The Morgan fingerprint density at radius 1 is 0.309 bits per heavy atom. The molecule has 0 fully saturated rings. The summed E-state index contributed by atoms with van der Waals surface area (Å²) in [4.78, 5) is 38.1. The van der Waals surface area contributed by atoms with E-state index >= 15 is 0 Å². The third-order valence-electron chi connectivity index (χ3n) is 11.5. The van der Waals surface area contributed by atoms with E-state index in [1.54, 1.807) is 0 Å². The second kappa shape index (κ2) is 55.7. The van der Waals surface area contributed by atoms with Gasteiger partial charge < -0.3 is 14.2 Å². The van der Waals surface area contributed by atoms with Crippen LogP contribution in [-0.4, -0.2) is 37.2 Å². The number of allylic oxidation sites excluding steroid dienone is 18. The number of unbranched alkanes of at least 4 members (excludes halogenated alkanes) is 20. The normalized spacial score (nSPS) is 12.9. The first-order valence-electron chi connectivity index (χ1n) is 27.9. The van der Waals surface area contributed by atoms with Crippen LogP contribution in [-0.2, 0) is 28.6 Å². The van der Waals surface area contributed by atoms with Crippen LogP contribution in [0.25, 0.3) is 0 Å². The molecule has 0 N–H and O–H groups in total. The zero-order chi connectivity index (χ0) is 49.3. The SMILES string of the molecule is CC/C=C\C/C=C\C/C=C\C/C=C\C/C=C\CCCCCC(=O)OCC(COC(=O)CCCCCCCCCCCCCCCCC)OC(=O)CCCCC/C=C\C/C=C\C/C=C\C/C=C\CC. The number of esters is 3. The number of hydrogen-bond donors (Lipinski definition) is 0. The molecule has 0 radical (unpaired) electrons. The second-order valence-electron chi connectivity index (χ2n) is 18.1. The predicted molar refractivity (Wildman–Crippen MR) is 293 cm³/mol. The first-order chi connectivity index (χ1) is 33.5. The van der Waals surface area contributed by atoms with Crippen molar-refractivity contribution >= 4 is 17.9 Å². The molecule has 0 saturated heterocycles. The molecule has 6 nitrogen and oxygen atoms in total. The van der Waals surface area contributed by atoms with Crippen molar-refractivity contribution in [3.63, 3.8) is 0 Å². The van der Waals surface area contributed by atoms with Gasteiger partial charge in [-0.05, 0) is 103 Å². The van der Waals surface area contributed by atoms with Crippen LogP contribution in [0.5, 0.6) is 0 Å². The third kappa shape index (κ3) is 53.0. The van der Waals surface area contributed by atoms with Gasteiger partial charge in [-0.3, -0.25) is 14.4 Å². The zero-order valence-electron chi connectivity index (χ0n) is 44.1. The molecule has 0 aliphatic heterocycles. The molecule has 0 aliphatic carbocycles. The molecule has 68 heavy (non-hydrogen) atoms. The van der Waals surface area contributed by atoms with Crippen LogP contribution in [0, 0.1) is 0 Å². The summed E-state index contributed by atoms with van der Waals surface area (Å²) in [5.74, 6) is -0.966. The maximum Gasteiger partial charge on any atom is 0.306 e. The van der Waals surface area contributed by atoms with Crippen molar-refractivity contribution in [2.45, 2.75) is 252 Å². The summed E-state index contributed by atoms with van der Waals surface area (Å²) in [6.07, 6.45) is 75.0. The Kier molecular flexibility index (Phi) is 52.4. The van der Waals surface area contributed by atoms with Crippen molar-refractivity contribution in [2.24, 2.45) is 0 Å². The highest BCUT2D eigenvalue weighted by Gasteiger charge is 2.19. The second-order valence-corrected chi connectivity index (χ2v) is 18.1. The molecule has 386 valence electrons. The topological polar surface area (TPSA) is 78.9 Å². The van der Waals surface area contributed by atoms with E-state index in [2.05, 4.69) is 130 Å². The molecule has 0 heterocycles. The molecule has 1 unspecified atom stereocenters. The molecule has 0 rings (SSSR count). The van der Waals surface area contributed by atoms with E-state index in [1.807, 2.05) is 0 Å². The maximum atomic E-state index is 12.8. The van der Waals surface area contributed by atoms with Crippen molar-refractivity contribution in [3.8, 4) is 0 Å². The van der Waals surface area contributed by atoms with Crippen LogP contribution in [0.15, 0.2) is 109 Å². The van der Waals surface area contributed by atoms with Gasteiger partial charge in [0.15, 0.2) is 6.10 Å². The Labute approximate surface area is 419 Å². The fourth-order valence-corrected chi connectivity index (χ4v) is 7.40. The van der Waals surface area contributed by atoms with Gasteiger partial charge in [-0.25, -0.2) is 0 Å². The van der Waals surface area contributed by atoms with Gasteiger partial charge in [-0.2, -0.15) is 0 Å². The van der Waals surface area contributed by atoms with Crippen molar-refractivity contribution in [3.05, 3.63) is 109 Å². The standard InChI is InChI=1S/C62H102O6/c1-4-7-10-13-16-19-22-25-28-30-31-32-35-37-40-43-46-49-52-55-61(64)67-58-59(57-66-60(63)54-51-48-45-42-39-36-33-27-24-21-18-15-12-9-6-3)68-62(65)56-53-50-47-44-41-38-34-29-26-23-20-17-14-11-8-5-2/h7-8,10-11,16-17,19-20,25-26,28-29,31-32,37-38,40-41,59H,4-6,9,12-15,18,21-24,27,30,33-36,39,42-58H2,1-3H3/b10-7-,11-8-,19-16-,20-17-,28-25-,29-26-,32-31-,40-37-,41-38-. The number of carbonyl (C=O) groups is 3. The Bertz CT molecular complexity index is 1410. The maximum absolute atomic E-state index is 12.8. The van der Waals surface area contributed by atoms with Crippen molar-refractivity contribution in [1.82, 2.24) is 0 Å². The Hall–Kier alpha value is -3.93. The van der Waals surface area contributed by atoms with E-state index in [0.717, 1.165) is 128 Å². The molecule has 6 heteroatoms. The minimum atomic E-state index is -0.809. The third-order valence-corrected chi connectivity index (χ3v) is 11.5. The first kappa shape index (κ1) is 64.1. The highest BCUT2D eigenvalue weighted by Crippen LogP contribution is 2.15. The first-order valence-corrected chi connectivity index (χ1v) is 27.9. The molecule has 0 spiro atoms. The fourth-order valence-electron chi connectivity index (χ4n) is 7.40. The summed E-state index contributed by atoms with van der Waals surface area (Å²) in [5, 5.41) is 0. The molecule has 0 bridgehead atoms. The number of ether oxygens (including phenoxy) is 3. The summed E-state index contributed by atoms with van der Waals surface area (Å²) >= 11 is 0. The van der Waals surface area contributed by atoms with E-state index in [9.17, 15) is 14.4 Å². The van der Waals surface area contributed by atoms with E-state index in [0.29, 0.717) is 12.8 Å². The van der Waals surface area contributed by atoms with Gasteiger partial charge in [0, 0.05) is 19.3 Å². The average Bonchev–Trinajstić information content (AvgIpc) is 3.34. The average molecular weight is 943 g/mol. The van der Waals surface area contributed by atoms with Crippen LogP contribution in [0.3, 0.4) is 0 Å². The number of hydrogen-bond acceptors (Lipinski definition) is 6. The van der Waals surface area contributed by atoms with Gasteiger partial charge in [-0.1, -0.05) is 233 Å². The van der Waals surface area contributed by atoms with Crippen LogP contribution in [0.1, 0.15) is 245 Å². The summed E-state index contributed by atoms with van der Waals surface area (Å²) < 4.78 is 16.8. The van der Waals surface area contributed by atoms with E-state index < -0.39 is 6.10 Å².